The van der Waals surface area contributed by atoms with Crippen molar-refractivity contribution < 1.29 is 4.79 Å². The summed E-state index contributed by atoms with van der Waals surface area (Å²) in [5.74, 6) is 0.322. The molecule has 0 bridgehead atoms. The van der Waals surface area contributed by atoms with Crippen LogP contribution in [0.5, 0.6) is 0 Å². The minimum atomic E-state index is 0.322. The highest BCUT2D eigenvalue weighted by molar-refractivity contribution is 5.78. The van der Waals surface area contributed by atoms with Crippen molar-refractivity contribution in [1.29, 1.82) is 0 Å². The maximum Gasteiger partial charge on any atom is 0.222 e. The van der Waals surface area contributed by atoms with Crippen LogP contribution in [0.2, 0.25) is 0 Å². The molecule has 0 atom stereocenters. The third-order valence-corrected chi connectivity index (χ3v) is 2.92. The molecule has 0 spiro atoms. The topological polar surface area (TPSA) is 20.3 Å². The van der Waals surface area contributed by atoms with E-state index in [0.29, 0.717) is 5.91 Å². The number of benzene rings is 1. The maximum atomic E-state index is 11.4. The van der Waals surface area contributed by atoms with E-state index in [1.165, 1.54) is 11.1 Å². The van der Waals surface area contributed by atoms with Gasteiger partial charge in [0.1, 0.15) is 0 Å². The van der Waals surface area contributed by atoms with Gasteiger partial charge in [0.2, 0.25) is 5.91 Å². The average molecular weight is 233 g/mol. The summed E-state index contributed by atoms with van der Waals surface area (Å²) in [4.78, 5) is 13.4. The fourth-order valence-corrected chi connectivity index (χ4v) is 2.07. The Balaban J connectivity index is 0.000000686. The van der Waals surface area contributed by atoms with Crippen LogP contribution < -0.4 is 0 Å². The molecule has 1 heterocycles. The Morgan fingerprint density at radius 1 is 1.29 bits per heavy atom. The summed E-state index contributed by atoms with van der Waals surface area (Å²) < 4.78 is 0. The van der Waals surface area contributed by atoms with Gasteiger partial charge in [-0.1, -0.05) is 43.7 Å². The number of aryl methyl sites for hydroxylation is 1. The minimum absolute atomic E-state index is 0.322. The molecule has 0 radical (unpaired) electrons. The Labute approximate surface area is 105 Å². The van der Waals surface area contributed by atoms with E-state index >= 15 is 0 Å². The highest BCUT2D eigenvalue weighted by Gasteiger charge is 2.19. The van der Waals surface area contributed by atoms with E-state index in [1.807, 2.05) is 18.7 Å². The minimum Gasteiger partial charge on any atom is -0.342 e. The molecule has 0 saturated carbocycles. The molecule has 1 aromatic carbocycles. The Morgan fingerprint density at radius 3 is 2.65 bits per heavy atom. The van der Waals surface area contributed by atoms with Crippen molar-refractivity contribution in [2.45, 2.75) is 40.0 Å². The van der Waals surface area contributed by atoms with E-state index in [9.17, 15) is 4.79 Å². The van der Waals surface area contributed by atoms with E-state index in [0.717, 1.165) is 32.4 Å². The molecule has 2 rings (SSSR count). The van der Waals surface area contributed by atoms with E-state index in [4.69, 9.17) is 0 Å². The number of rotatable bonds is 3. The predicted octanol–water partition coefficient (Wildman–Crippen LogP) is 3.19. The molecular weight excluding hydrogens is 210 g/mol. The van der Waals surface area contributed by atoms with Crippen molar-refractivity contribution in [3.63, 3.8) is 0 Å². The van der Waals surface area contributed by atoms with Gasteiger partial charge in [0.05, 0.1) is 0 Å². The molecule has 2 heteroatoms. The Hall–Kier alpha value is -1.31. The molecular formula is C15H23NO. The summed E-state index contributed by atoms with van der Waals surface area (Å²) in [6.45, 7) is 7.93. The van der Waals surface area contributed by atoms with Crippen LogP contribution in [0.15, 0.2) is 24.3 Å². The lowest BCUT2D eigenvalue weighted by Crippen LogP contribution is -2.26. The first-order valence-electron chi connectivity index (χ1n) is 6.59. The van der Waals surface area contributed by atoms with Gasteiger partial charge in [0, 0.05) is 19.5 Å². The lowest BCUT2D eigenvalue weighted by molar-refractivity contribution is -0.127. The first kappa shape index (κ1) is 13.8. The molecule has 1 aliphatic rings. The molecule has 1 fully saturated rings. The van der Waals surface area contributed by atoms with Crippen LogP contribution in [0.3, 0.4) is 0 Å². The van der Waals surface area contributed by atoms with Crippen LogP contribution >= 0.6 is 0 Å². The van der Waals surface area contributed by atoms with Crippen molar-refractivity contribution in [3.8, 4) is 0 Å². The SMILES string of the molecule is CC.Cc1cccc(CCN2CCCC2=O)c1. The van der Waals surface area contributed by atoms with E-state index in [1.54, 1.807) is 0 Å². The third kappa shape index (κ3) is 4.22. The predicted molar refractivity (Wildman–Crippen MR) is 72.0 cm³/mol. The van der Waals surface area contributed by atoms with Gasteiger partial charge in [-0.3, -0.25) is 4.79 Å². The lowest BCUT2D eigenvalue weighted by atomic mass is 10.1. The number of nitrogens with zero attached hydrogens (tertiary/aromatic N) is 1. The van der Waals surface area contributed by atoms with Crippen molar-refractivity contribution in [3.05, 3.63) is 35.4 Å². The molecule has 1 saturated heterocycles. The molecule has 1 aliphatic heterocycles. The van der Waals surface area contributed by atoms with E-state index < -0.39 is 0 Å². The number of likely N-dealkylation sites (tertiary alicyclic amines) is 1. The summed E-state index contributed by atoms with van der Waals surface area (Å²) >= 11 is 0. The van der Waals surface area contributed by atoms with Crippen molar-refractivity contribution in [2.24, 2.45) is 0 Å². The van der Waals surface area contributed by atoms with Gasteiger partial charge in [-0.25, -0.2) is 0 Å². The highest BCUT2D eigenvalue weighted by Crippen LogP contribution is 2.11. The van der Waals surface area contributed by atoms with Gasteiger partial charge in [-0.15, -0.1) is 0 Å². The van der Waals surface area contributed by atoms with Crippen LogP contribution in [0.25, 0.3) is 0 Å². The summed E-state index contributed by atoms with van der Waals surface area (Å²) in [5.41, 5.74) is 2.62. The lowest BCUT2D eigenvalue weighted by Gasteiger charge is -2.15. The second kappa shape index (κ2) is 7.10. The normalized spacial score (nSPS) is 14.5. The van der Waals surface area contributed by atoms with Gasteiger partial charge in [-0.2, -0.15) is 0 Å². The first-order chi connectivity index (χ1) is 8.25. The largest absolute Gasteiger partial charge is 0.342 e. The molecule has 94 valence electrons. The van der Waals surface area contributed by atoms with Crippen LogP contribution in [0.4, 0.5) is 0 Å². The van der Waals surface area contributed by atoms with Crippen LogP contribution in [0, 0.1) is 6.92 Å². The van der Waals surface area contributed by atoms with Gasteiger partial charge >= 0.3 is 0 Å². The quantitative estimate of drug-likeness (QED) is 0.785. The molecule has 2 nitrogen and oxygen atoms in total. The van der Waals surface area contributed by atoms with Crippen LogP contribution in [-0.4, -0.2) is 23.9 Å². The molecule has 17 heavy (non-hydrogen) atoms. The number of hydrogen-bond donors (Lipinski definition) is 0. The fraction of sp³-hybridized carbons (Fsp3) is 0.533. The molecule has 1 amide bonds. The van der Waals surface area contributed by atoms with Gasteiger partial charge in [0.25, 0.3) is 0 Å². The number of carbonyl (C=O) groups excluding carboxylic acids is 1. The monoisotopic (exact) mass is 233 g/mol. The zero-order valence-electron chi connectivity index (χ0n) is 11.2. The van der Waals surface area contributed by atoms with E-state index in [-0.39, 0.29) is 0 Å². The van der Waals surface area contributed by atoms with Gasteiger partial charge < -0.3 is 4.90 Å². The van der Waals surface area contributed by atoms with Crippen molar-refractivity contribution in [2.75, 3.05) is 13.1 Å². The van der Waals surface area contributed by atoms with Crippen molar-refractivity contribution in [1.82, 2.24) is 4.90 Å². The molecule has 0 unspecified atom stereocenters. The Kier molecular flexibility index (Phi) is 5.75. The zero-order chi connectivity index (χ0) is 12.7. The summed E-state index contributed by atoms with van der Waals surface area (Å²) in [5, 5.41) is 0. The summed E-state index contributed by atoms with van der Waals surface area (Å²) in [6, 6.07) is 8.51. The fourth-order valence-electron chi connectivity index (χ4n) is 2.07. The Morgan fingerprint density at radius 2 is 2.06 bits per heavy atom. The smallest absolute Gasteiger partial charge is 0.222 e. The molecule has 1 aromatic rings. The molecule has 0 aromatic heterocycles. The second-order valence-corrected chi connectivity index (χ2v) is 4.22. The number of hydrogen-bond acceptors (Lipinski definition) is 1. The molecule has 0 aliphatic carbocycles. The standard InChI is InChI=1S/C13H17NO.C2H6/c1-11-4-2-5-12(10-11)7-9-14-8-3-6-13(14)15;1-2/h2,4-5,10H,3,6-9H2,1H3;1-2H3. The van der Waals surface area contributed by atoms with Crippen LogP contribution in [-0.2, 0) is 11.2 Å². The van der Waals surface area contributed by atoms with Gasteiger partial charge in [-0.05, 0) is 25.3 Å². The summed E-state index contributed by atoms with van der Waals surface area (Å²) in [6.07, 6.45) is 2.76. The van der Waals surface area contributed by atoms with Gasteiger partial charge in [0.15, 0.2) is 0 Å². The second-order valence-electron chi connectivity index (χ2n) is 4.22. The van der Waals surface area contributed by atoms with Crippen molar-refractivity contribution >= 4 is 5.91 Å². The highest BCUT2D eigenvalue weighted by atomic mass is 16.2. The first-order valence-corrected chi connectivity index (χ1v) is 6.59. The van der Waals surface area contributed by atoms with E-state index in [2.05, 4.69) is 31.2 Å². The summed E-state index contributed by atoms with van der Waals surface area (Å²) in [7, 11) is 0. The third-order valence-electron chi connectivity index (χ3n) is 2.92. The number of amides is 1. The zero-order valence-corrected chi connectivity index (χ0v) is 11.2. The maximum absolute atomic E-state index is 11.4. The average Bonchev–Trinajstić information content (AvgIpc) is 2.75. The molecule has 0 N–H and O–H groups in total. The van der Waals surface area contributed by atoms with Crippen LogP contribution in [0.1, 0.15) is 37.8 Å². The Bertz CT molecular complexity index is 360. The number of carbonyl (C=O) groups is 1.